The minimum absolute atomic E-state index is 0.304. The van der Waals surface area contributed by atoms with Crippen molar-refractivity contribution < 1.29 is 9.53 Å². The smallest absolute Gasteiger partial charge is 0.303 e. The predicted molar refractivity (Wildman–Crippen MR) is 126 cm³/mol. The number of ether oxygens (including phenoxy) is 1. The fraction of sp³-hybridized carbons (Fsp3) is 0.391. The van der Waals surface area contributed by atoms with Gasteiger partial charge in [0, 0.05) is 24.9 Å². The number of hydrogen-bond donors (Lipinski definition) is 0. The van der Waals surface area contributed by atoms with Crippen molar-refractivity contribution in [1.29, 1.82) is 0 Å². The number of carbonyl (C=O) groups is 1. The number of halogens is 3. The maximum atomic E-state index is 11.6. The number of amidine groups is 1. The lowest BCUT2D eigenvalue weighted by Gasteiger charge is -2.26. The van der Waals surface area contributed by atoms with Crippen LogP contribution in [0.15, 0.2) is 35.3 Å². The maximum absolute atomic E-state index is 11.6. The van der Waals surface area contributed by atoms with Gasteiger partial charge in [-0.2, -0.15) is 0 Å². The molecule has 1 heterocycles. The van der Waals surface area contributed by atoms with Gasteiger partial charge in [-0.25, -0.2) is 4.99 Å². The van der Waals surface area contributed by atoms with Crippen LogP contribution < -0.4 is 4.90 Å². The second-order valence-electron chi connectivity index (χ2n) is 7.28. The van der Waals surface area contributed by atoms with Crippen LogP contribution in [0.1, 0.15) is 57.3 Å². The number of nitrogens with zero attached hydrogens (tertiary/aromatic N) is 2. The zero-order chi connectivity index (χ0) is 21.8. The molecule has 0 saturated carbocycles. The second-order valence-corrected chi connectivity index (χ2v) is 8.53. The first-order valence-electron chi connectivity index (χ1n) is 10.1. The Balaban J connectivity index is 2.01. The quantitative estimate of drug-likeness (QED) is 0.395. The molecule has 0 radical (unpaired) electrons. The number of benzene rings is 2. The Morgan fingerprint density at radius 3 is 2.57 bits per heavy atom. The maximum Gasteiger partial charge on any atom is 0.303 e. The van der Waals surface area contributed by atoms with E-state index in [-0.39, 0.29) is 12.1 Å². The van der Waals surface area contributed by atoms with Crippen molar-refractivity contribution in [2.75, 3.05) is 11.4 Å². The summed E-state index contributed by atoms with van der Waals surface area (Å²) in [6.45, 7) is 6.34. The molecule has 1 atom stereocenters. The summed E-state index contributed by atoms with van der Waals surface area (Å²) in [5.74, 6) is 0.567. The number of aliphatic imine (C=N–C) groups is 1. The third-order valence-electron chi connectivity index (χ3n) is 5.12. The Bertz CT molecular complexity index is 975. The van der Waals surface area contributed by atoms with Gasteiger partial charge in [0.25, 0.3) is 0 Å². The van der Waals surface area contributed by atoms with Crippen LogP contribution in [0.4, 0.5) is 11.4 Å². The van der Waals surface area contributed by atoms with Gasteiger partial charge >= 0.3 is 5.97 Å². The molecule has 160 valence electrons. The van der Waals surface area contributed by atoms with Crippen molar-refractivity contribution in [3.05, 3.63) is 56.5 Å². The molecule has 1 aliphatic rings. The van der Waals surface area contributed by atoms with Crippen LogP contribution in [0.3, 0.4) is 0 Å². The van der Waals surface area contributed by atoms with E-state index < -0.39 is 0 Å². The summed E-state index contributed by atoms with van der Waals surface area (Å²) < 4.78 is 5.55. The Morgan fingerprint density at radius 2 is 1.93 bits per heavy atom. The molecule has 0 spiro atoms. The standard InChI is InChI=1S/C23H25Cl3N2O2/c1-4-6-11-28(20-10-7-15(24)12-19(20)26)22-13-17-16(21(5-2)30-14(3)29)8-9-18(25)23(17)27-22/h7-10,12,21H,4-6,11,13H2,1-3H3. The zero-order valence-corrected chi connectivity index (χ0v) is 19.6. The van der Waals surface area contributed by atoms with Crippen LogP contribution in [0, 0.1) is 0 Å². The summed E-state index contributed by atoms with van der Waals surface area (Å²) >= 11 is 19.1. The number of hydrogen-bond acceptors (Lipinski definition) is 4. The molecular weight excluding hydrogens is 443 g/mol. The Morgan fingerprint density at radius 1 is 1.17 bits per heavy atom. The molecule has 0 fully saturated rings. The molecule has 0 saturated heterocycles. The van der Waals surface area contributed by atoms with Gasteiger partial charge in [-0.15, -0.1) is 0 Å². The van der Waals surface area contributed by atoms with Crippen LogP contribution >= 0.6 is 34.8 Å². The van der Waals surface area contributed by atoms with Gasteiger partial charge in [-0.3, -0.25) is 4.79 Å². The highest BCUT2D eigenvalue weighted by Crippen LogP contribution is 2.42. The van der Waals surface area contributed by atoms with E-state index in [9.17, 15) is 4.79 Å². The van der Waals surface area contributed by atoms with E-state index in [0.29, 0.717) is 27.9 Å². The van der Waals surface area contributed by atoms with E-state index in [0.717, 1.165) is 47.7 Å². The van der Waals surface area contributed by atoms with Crippen LogP contribution in [-0.2, 0) is 16.0 Å². The number of anilines is 1. The lowest BCUT2D eigenvalue weighted by atomic mass is 9.97. The fourth-order valence-corrected chi connectivity index (χ4v) is 4.42. The highest BCUT2D eigenvalue weighted by atomic mass is 35.5. The lowest BCUT2D eigenvalue weighted by molar-refractivity contribution is -0.146. The molecule has 0 bridgehead atoms. The minimum Gasteiger partial charge on any atom is -0.458 e. The van der Waals surface area contributed by atoms with E-state index >= 15 is 0 Å². The molecule has 0 amide bonds. The highest BCUT2D eigenvalue weighted by molar-refractivity contribution is 6.37. The van der Waals surface area contributed by atoms with Crippen molar-refractivity contribution >= 4 is 58.0 Å². The highest BCUT2D eigenvalue weighted by Gasteiger charge is 2.29. The molecule has 30 heavy (non-hydrogen) atoms. The van der Waals surface area contributed by atoms with E-state index in [2.05, 4.69) is 11.8 Å². The molecule has 4 nitrogen and oxygen atoms in total. The summed E-state index contributed by atoms with van der Waals surface area (Å²) in [7, 11) is 0. The summed E-state index contributed by atoms with van der Waals surface area (Å²) in [5, 5.41) is 1.75. The third kappa shape index (κ3) is 4.93. The van der Waals surface area contributed by atoms with Crippen molar-refractivity contribution in [3.8, 4) is 0 Å². The Kier molecular flexibility index (Phi) is 7.67. The van der Waals surface area contributed by atoms with Gasteiger partial charge in [0.05, 0.1) is 21.4 Å². The zero-order valence-electron chi connectivity index (χ0n) is 17.3. The van der Waals surface area contributed by atoms with Gasteiger partial charge in [0.15, 0.2) is 0 Å². The number of carbonyl (C=O) groups excluding carboxylic acids is 1. The predicted octanol–water partition coefficient (Wildman–Crippen LogP) is 7.55. The topological polar surface area (TPSA) is 41.9 Å². The number of unbranched alkanes of at least 4 members (excludes halogenated alkanes) is 1. The molecular formula is C23H25Cl3N2O2. The van der Waals surface area contributed by atoms with Crippen molar-refractivity contribution in [1.82, 2.24) is 0 Å². The van der Waals surface area contributed by atoms with Crippen molar-refractivity contribution in [3.63, 3.8) is 0 Å². The molecule has 3 rings (SSSR count). The van der Waals surface area contributed by atoms with Crippen LogP contribution in [0.5, 0.6) is 0 Å². The molecule has 0 N–H and O–H groups in total. The number of esters is 1. The fourth-order valence-electron chi connectivity index (χ4n) is 3.69. The van der Waals surface area contributed by atoms with Gasteiger partial charge in [0.2, 0.25) is 0 Å². The first-order valence-corrected chi connectivity index (χ1v) is 11.3. The molecule has 0 aromatic heterocycles. The van der Waals surface area contributed by atoms with E-state index in [1.54, 1.807) is 6.07 Å². The molecule has 0 aliphatic carbocycles. The Labute approximate surface area is 192 Å². The van der Waals surface area contributed by atoms with Gasteiger partial charge in [-0.1, -0.05) is 61.1 Å². The van der Waals surface area contributed by atoms with Crippen LogP contribution in [-0.4, -0.2) is 18.3 Å². The first-order chi connectivity index (χ1) is 14.3. The summed E-state index contributed by atoms with van der Waals surface area (Å²) in [4.78, 5) is 18.6. The van der Waals surface area contributed by atoms with Crippen molar-refractivity contribution in [2.45, 2.75) is 52.6 Å². The first kappa shape index (κ1) is 22.9. The Hall–Kier alpha value is -1.75. The van der Waals surface area contributed by atoms with Crippen molar-refractivity contribution in [2.24, 2.45) is 4.99 Å². The molecule has 1 aliphatic heterocycles. The van der Waals surface area contributed by atoms with E-state index in [4.69, 9.17) is 44.5 Å². The molecule has 7 heteroatoms. The summed E-state index contributed by atoms with van der Waals surface area (Å²) in [6, 6.07) is 9.24. The number of fused-ring (bicyclic) bond motifs is 1. The largest absolute Gasteiger partial charge is 0.458 e. The van der Waals surface area contributed by atoms with Crippen LogP contribution in [0.2, 0.25) is 15.1 Å². The van der Waals surface area contributed by atoms with E-state index in [1.807, 2.05) is 31.2 Å². The second kappa shape index (κ2) is 10.0. The molecule has 1 unspecified atom stereocenters. The SMILES string of the molecule is CCCCN(C1=Nc2c(Cl)ccc(C(CC)OC(C)=O)c2C1)c1ccc(Cl)cc1Cl. The molecule has 2 aromatic carbocycles. The normalized spacial score (nSPS) is 13.6. The van der Waals surface area contributed by atoms with Gasteiger partial charge in [0.1, 0.15) is 11.9 Å². The summed E-state index contributed by atoms with van der Waals surface area (Å²) in [5.41, 5.74) is 3.55. The average Bonchev–Trinajstić information content (AvgIpc) is 3.14. The van der Waals surface area contributed by atoms with Gasteiger partial charge < -0.3 is 9.64 Å². The number of rotatable bonds is 7. The minimum atomic E-state index is -0.328. The van der Waals surface area contributed by atoms with E-state index in [1.165, 1.54) is 6.92 Å². The average molecular weight is 468 g/mol. The molecule has 2 aromatic rings. The van der Waals surface area contributed by atoms with Crippen LogP contribution in [0.25, 0.3) is 0 Å². The lowest BCUT2D eigenvalue weighted by Crippen LogP contribution is -2.32. The third-order valence-corrected chi connectivity index (χ3v) is 5.96. The summed E-state index contributed by atoms with van der Waals surface area (Å²) in [6.07, 6.45) is 2.96. The monoisotopic (exact) mass is 466 g/mol. The van der Waals surface area contributed by atoms with Gasteiger partial charge in [-0.05, 0) is 48.2 Å².